The maximum absolute atomic E-state index is 12.1. The highest BCUT2D eigenvalue weighted by molar-refractivity contribution is 6.27. The van der Waals surface area contributed by atoms with E-state index in [1.54, 1.807) is 13.2 Å². The van der Waals surface area contributed by atoms with Gasteiger partial charge in [0.25, 0.3) is 5.56 Å². The number of H-pyrrole nitrogens is 1. The highest BCUT2D eigenvalue weighted by Crippen LogP contribution is 2.31. The van der Waals surface area contributed by atoms with Gasteiger partial charge in [-0.25, -0.2) is 14.4 Å². The number of hydrogen-bond donors (Lipinski definition) is 3. The van der Waals surface area contributed by atoms with E-state index >= 15 is 0 Å². The summed E-state index contributed by atoms with van der Waals surface area (Å²) in [6.07, 6.45) is 3.95. The van der Waals surface area contributed by atoms with Crippen molar-refractivity contribution in [1.82, 2.24) is 14.5 Å². The van der Waals surface area contributed by atoms with Crippen LogP contribution in [0.4, 0.5) is 5.69 Å². The topological polar surface area (TPSA) is 149 Å². The molecular weight excluding hydrogens is 456 g/mol. The van der Waals surface area contributed by atoms with Crippen molar-refractivity contribution < 1.29 is 24.2 Å². The number of nitrogens with zero attached hydrogens (tertiary/aromatic N) is 3. The fourth-order valence-electron chi connectivity index (χ4n) is 3.87. The van der Waals surface area contributed by atoms with Gasteiger partial charge in [-0.15, -0.1) is 0 Å². The van der Waals surface area contributed by atoms with Gasteiger partial charge in [0.15, 0.2) is 0 Å². The first-order chi connectivity index (χ1) is 16.8. The van der Waals surface area contributed by atoms with E-state index < -0.39 is 11.9 Å². The van der Waals surface area contributed by atoms with Crippen LogP contribution in [0.3, 0.4) is 0 Å². The Morgan fingerprint density at radius 1 is 0.971 bits per heavy atom. The molecule has 3 aromatic rings. The molecule has 0 atom stereocenters. The number of benzene rings is 1. The molecule has 1 aliphatic rings. The van der Waals surface area contributed by atoms with E-state index in [0.717, 1.165) is 50.5 Å². The number of carboxylic acid groups (broad SMARTS) is 2. The van der Waals surface area contributed by atoms with Gasteiger partial charge in [0.2, 0.25) is 0 Å². The number of aromatic amines is 1. The van der Waals surface area contributed by atoms with Crippen LogP contribution in [0.5, 0.6) is 0 Å². The zero-order valence-corrected chi connectivity index (χ0v) is 19.3. The van der Waals surface area contributed by atoms with Crippen molar-refractivity contribution in [3.8, 4) is 11.3 Å². The Morgan fingerprint density at radius 2 is 1.66 bits per heavy atom. The maximum atomic E-state index is 12.1. The van der Waals surface area contributed by atoms with Crippen molar-refractivity contribution in [3.63, 3.8) is 0 Å². The van der Waals surface area contributed by atoms with Crippen LogP contribution in [0.15, 0.2) is 62.9 Å². The van der Waals surface area contributed by atoms with Crippen molar-refractivity contribution in [2.75, 3.05) is 37.6 Å². The molecule has 0 aliphatic carbocycles. The van der Waals surface area contributed by atoms with Gasteiger partial charge in [-0.2, -0.15) is 0 Å². The third kappa shape index (κ3) is 6.70. The molecule has 1 aromatic carbocycles. The SMILES string of the molecule is Cc1c[nH]c(=O)n(CCCN2CCN(c3ccccc3-c3ccco3)CC2)c1=O.O=C(O)C(=O)O. The Labute approximate surface area is 200 Å². The summed E-state index contributed by atoms with van der Waals surface area (Å²) in [5.41, 5.74) is 2.34. The number of rotatable bonds is 6. The maximum Gasteiger partial charge on any atom is 0.414 e. The van der Waals surface area contributed by atoms with Crippen LogP contribution in [0, 0.1) is 6.92 Å². The zero-order chi connectivity index (χ0) is 25.4. The number of aliphatic carboxylic acids is 2. The fraction of sp³-hybridized carbons (Fsp3) is 0.333. The normalized spacial score (nSPS) is 13.7. The first-order valence-corrected chi connectivity index (χ1v) is 11.1. The monoisotopic (exact) mass is 484 g/mol. The minimum absolute atomic E-state index is 0.201. The van der Waals surface area contributed by atoms with Gasteiger partial charge in [0.05, 0.1) is 6.26 Å². The largest absolute Gasteiger partial charge is 0.473 e. The molecular formula is C24H28N4O7. The van der Waals surface area contributed by atoms with Crippen LogP contribution >= 0.6 is 0 Å². The molecule has 1 fully saturated rings. The van der Waals surface area contributed by atoms with E-state index in [4.69, 9.17) is 24.2 Å². The molecule has 2 aromatic heterocycles. The second-order valence-corrected chi connectivity index (χ2v) is 8.02. The Morgan fingerprint density at radius 3 is 2.29 bits per heavy atom. The van der Waals surface area contributed by atoms with Crippen LogP contribution in [0.1, 0.15) is 12.0 Å². The molecule has 0 radical (unpaired) electrons. The molecule has 0 unspecified atom stereocenters. The first kappa shape index (κ1) is 25.5. The number of nitrogens with one attached hydrogen (secondary N) is 1. The molecule has 11 heteroatoms. The molecule has 3 N–H and O–H groups in total. The summed E-state index contributed by atoms with van der Waals surface area (Å²) in [5, 5.41) is 14.8. The van der Waals surface area contributed by atoms with Gasteiger partial charge >= 0.3 is 17.6 Å². The number of carboxylic acids is 2. The van der Waals surface area contributed by atoms with Crippen molar-refractivity contribution in [1.29, 1.82) is 0 Å². The Balaban J connectivity index is 0.000000509. The smallest absolute Gasteiger partial charge is 0.414 e. The lowest BCUT2D eigenvalue weighted by Gasteiger charge is -2.36. The number of para-hydroxylation sites is 1. The van der Waals surface area contributed by atoms with Crippen molar-refractivity contribution in [2.45, 2.75) is 19.9 Å². The highest BCUT2D eigenvalue weighted by Gasteiger charge is 2.20. The molecule has 1 aliphatic heterocycles. The van der Waals surface area contributed by atoms with E-state index in [1.165, 1.54) is 16.5 Å². The number of hydrogen-bond acceptors (Lipinski definition) is 7. The van der Waals surface area contributed by atoms with Crippen LogP contribution < -0.4 is 16.1 Å². The van der Waals surface area contributed by atoms with Gasteiger partial charge in [-0.3, -0.25) is 14.3 Å². The van der Waals surface area contributed by atoms with Crippen LogP contribution in [-0.2, 0) is 16.1 Å². The Hall–Kier alpha value is -4.12. The Kier molecular flexibility index (Phi) is 8.63. The molecule has 1 saturated heterocycles. The predicted octanol–water partition coefficient (Wildman–Crippen LogP) is 1.47. The van der Waals surface area contributed by atoms with Crippen molar-refractivity contribution >= 4 is 17.6 Å². The van der Waals surface area contributed by atoms with Gasteiger partial charge in [0.1, 0.15) is 5.76 Å². The van der Waals surface area contributed by atoms with Crippen LogP contribution in [-0.4, -0.2) is 69.3 Å². The minimum Gasteiger partial charge on any atom is -0.473 e. The van der Waals surface area contributed by atoms with Crippen LogP contribution in [0.2, 0.25) is 0 Å². The predicted molar refractivity (Wildman–Crippen MR) is 129 cm³/mol. The third-order valence-electron chi connectivity index (χ3n) is 5.68. The molecule has 0 amide bonds. The van der Waals surface area contributed by atoms with Gasteiger partial charge in [-0.05, 0) is 44.2 Å². The number of piperazine rings is 1. The number of aromatic nitrogens is 2. The van der Waals surface area contributed by atoms with E-state index in [9.17, 15) is 9.59 Å². The standard InChI is InChI=1S/C22H26N4O3.C2H2O4/c1-17-16-23-22(28)26(21(17)27)10-5-9-24-11-13-25(14-12-24)19-7-3-2-6-18(19)20-8-4-15-29-20;3-1(4)2(5)6/h2-4,6-8,15-16H,5,9-14H2,1H3,(H,23,28);(H,3,4)(H,5,6). The number of aryl methyl sites for hydroxylation is 1. The number of furan rings is 1. The summed E-state index contributed by atoms with van der Waals surface area (Å²) >= 11 is 0. The molecule has 4 rings (SSSR count). The number of carbonyl (C=O) groups is 2. The van der Waals surface area contributed by atoms with E-state index in [2.05, 4.69) is 33.0 Å². The second kappa shape index (κ2) is 11.8. The fourth-order valence-corrected chi connectivity index (χ4v) is 3.87. The summed E-state index contributed by atoms with van der Waals surface area (Å²) < 4.78 is 6.90. The van der Waals surface area contributed by atoms with Gasteiger partial charge < -0.3 is 24.5 Å². The summed E-state index contributed by atoms with van der Waals surface area (Å²) in [6, 6.07) is 12.2. The highest BCUT2D eigenvalue weighted by atomic mass is 16.4. The average molecular weight is 485 g/mol. The van der Waals surface area contributed by atoms with Crippen molar-refractivity contribution in [2.24, 2.45) is 0 Å². The van der Waals surface area contributed by atoms with E-state index in [0.29, 0.717) is 12.1 Å². The lowest BCUT2D eigenvalue weighted by atomic mass is 10.1. The van der Waals surface area contributed by atoms with Crippen molar-refractivity contribution in [3.05, 3.63) is 75.3 Å². The van der Waals surface area contributed by atoms with Gasteiger partial charge in [-0.1, -0.05) is 12.1 Å². The van der Waals surface area contributed by atoms with Gasteiger partial charge in [0, 0.05) is 55.7 Å². The van der Waals surface area contributed by atoms with E-state index in [-0.39, 0.29) is 11.2 Å². The minimum atomic E-state index is -1.82. The molecule has 186 valence electrons. The summed E-state index contributed by atoms with van der Waals surface area (Å²) in [4.78, 5) is 49.6. The van der Waals surface area contributed by atoms with Crippen LogP contribution in [0.25, 0.3) is 11.3 Å². The first-order valence-electron chi connectivity index (χ1n) is 11.1. The second-order valence-electron chi connectivity index (χ2n) is 8.02. The Bertz CT molecular complexity index is 1240. The molecule has 0 spiro atoms. The molecule has 11 nitrogen and oxygen atoms in total. The zero-order valence-electron chi connectivity index (χ0n) is 19.3. The van der Waals surface area contributed by atoms with E-state index in [1.807, 2.05) is 18.2 Å². The quantitative estimate of drug-likeness (QED) is 0.442. The molecule has 35 heavy (non-hydrogen) atoms. The molecule has 3 heterocycles. The lowest BCUT2D eigenvalue weighted by Crippen LogP contribution is -2.47. The third-order valence-corrected chi connectivity index (χ3v) is 5.68. The molecule has 0 bridgehead atoms. The number of anilines is 1. The summed E-state index contributed by atoms with van der Waals surface area (Å²) in [7, 11) is 0. The lowest BCUT2D eigenvalue weighted by molar-refractivity contribution is -0.159. The molecule has 0 saturated carbocycles. The summed E-state index contributed by atoms with van der Waals surface area (Å²) in [5.74, 6) is -2.76. The summed E-state index contributed by atoms with van der Waals surface area (Å²) in [6.45, 7) is 6.79. The average Bonchev–Trinajstić information content (AvgIpc) is 3.39.